The SMILES string of the molecule is CC(Oc1ccc(C(F)(F)F)cc1Sc1ccc(S(C)(=O)=O)cc1Cl)C(=O)O. The van der Waals surface area contributed by atoms with Crippen LogP contribution in [0.25, 0.3) is 0 Å². The summed E-state index contributed by atoms with van der Waals surface area (Å²) >= 11 is 6.88. The van der Waals surface area contributed by atoms with Crippen molar-refractivity contribution >= 4 is 39.2 Å². The number of hydrogen-bond donors (Lipinski definition) is 1. The molecule has 0 bridgehead atoms. The van der Waals surface area contributed by atoms with Crippen molar-refractivity contribution < 1.29 is 36.2 Å². The van der Waals surface area contributed by atoms with Crippen molar-refractivity contribution in [3.63, 3.8) is 0 Å². The van der Waals surface area contributed by atoms with Crippen LogP contribution >= 0.6 is 23.4 Å². The van der Waals surface area contributed by atoms with Crippen molar-refractivity contribution in [1.29, 1.82) is 0 Å². The van der Waals surface area contributed by atoms with Crippen LogP contribution in [0.15, 0.2) is 51.1 Å². The van der Waals surface area contributed by atoms with Crippen molar-refractivity contribution in [3.05, 3.63) is 47.0 Å². The van der Waals surface area contributed by atoms with Gasteiger partial charge in [-0.15, -0.1) is 0 Å². The minimum Gasteiger partial charge on any atom is -0.479 e. The Labute approximate surface area is 168 Å². The molecule has 1 atom stereocenters. The first-order valence-electron chi connectivity index (χ1n) is 7.57. The van der Waals surface area contributed by atoms with Gasteiger partial charge in [-0.1, -0.05) is 23.4 Å². The van der Waals surface area contributed by atoms with Crippen LogP contribution in [0.3, 0.4) is 0 Å². The van der Waals surface area contributed by atoms with Gasteiger partial charge < -0.3 is 9.84 Å². The summed E-state index contributed by atoms with van der Waals surface area (Å²) in [5.74, 6) is -1.36. The Bertz CT molecular complexity index is 1010. The van der Waals surface area contributed by atoms with Crippen LogP contribution in [0.5, 0.6) is 5.75 Å². The quantitative estimate of drug-likeness (QED) is 0.677. The molecule has 2 aromatic carbocycles. The number of carbonyl (C=O) groups is 1. The predicted molar refractivity (Wildman–Crippen MR) is 97.9 cm³/mol. The van der Waals surface area contributed by atoms with Gasteiger partial charge in [0.1, 0.15) is 5.75 Å². The molecule has 0 saturated heterocycles. The van der Waals surface area contributed by atoms with E-state index in [1.807, 2.05) is 0 Å². The van der Waals surface area contributed by atoms with Gasteiger partial charge in [-0.2, -0.15) is 13.2 Å². The van der Waals surface area contributed by atoms with Gasteiger partial charge in [0.05, 0.1) is 20.4 Å². The minimum atomic E-state index is -4.61. The number of hydrogen-bond acceptors (Lipinski definition) is 5. The van der Waals surface area contributed by atoms with E-state index in [0.717, 1.165) is 36.2 Å². The summed E-state index contributed by atoms with van der Waals surface area (Å²) in [7, 11) is -3.51. The highest BCUT2D eigenvalue weighted by Crippen LogP contribution is 2.42. The standard InChI is InChI=1S/C17H14ClF3O5S2/c1-9(16(22)23)26-13-5-3-10(17(19,20)21)7-15(13)27-14-6-4-11(8-12(14)18)28(2,24)25/h3-9H,1-2H3,(H,22,23). The third-order valence-corrected chi connectivity index (χ3v) is 6.12. The number of carboxylic acids is 1. The lowest BCUT2D eigenvalue weighted by Gasteiger charge is -2.17. The molecular weight excluding hydrogens is 441 g/mol. The zero-order valence-corrected chi connectivity index (χ0v) is 16.8. The number of aliphatic carboxylic acids is 1. The Hall–Kier alpha value is -1.91. The molecule has 11 heteroatoms. The molecule has 0 heterocycles. The fraction of sp³-hybridized carbons (Fsp3) is 0.235. The molecule has 28 heavy (non-hydrogen) atoms. The molecule has 0 aliphatic rings. The second-order valence-corrected chi connectivity index (χ2v) is 9.23. The number of sulfone groups is 1. The maximum Gasteiger partial charge on any atom is 0.416 e. The normalized spacial score (nSPS) is 13.2. The Morgan fingerprint density at radius 1 is 1.18 bits per heavy atom. The molecule has 0 spiro atoms. The summed E-state index contributed by atoms with van der Waals surface area (Å²) in [4.78, 5) is 11.2. The van der Waals surface area contributed by atoms with E-state index in [1.165, 1.54) is 25.1 Å². The second kappa shape index (κ2) is 8.22. The molecule has 152 valence electrons. The summed E-state index contributed by atoms with van der Waals surface area (Å²) < 4.78 is 67.6. The predicted octanol–water partition coefficient (Wildman–Crippen LogP) is 4.77. The van der Waals surface area contributed by atoms with E-state index in [-0.39, 0.29) is 25.5 Å². The first-order valence-corrected chi connectivity index (χ1v) is 10.7. The summed E-state index contributed by atoms with van der Waals surface area (Å²) in [6.07, 6.45) is -4.91. The van der Waals surface area contributed by atoms with Crippen LogP contribution in [0.2, 0.25) is 5.02 Å². The first-order chi connectivity index (χ1) is 12.8. The van der Waals surface area contributed by atoms with Gasteiger partial charge in [-0.25, -0.2) is 13.2 Å². The number of benzene rings is 2. The third-order valence-electron chi connectivity index (χ3n) is 3.47. The van der Waals surface area contributed by atoms with E-state index in [9.17, 15) is 26.4 Å². The Morgan fingerprint density at radius 3 is 2.32 bits per heavy atom. The lowest BCUT2D eigenvalue weighted by molar-refractivity contribution is -0.144. The number of halogens is 4. The second-order valence-electron chi connectivity index (χ2n) is 5.72. The average molecular weight is 455 g/mol. The molecule has 2 rings (SSSR count). The summed E-state index contributed by atoms with van der Waals surface area (Å²) in [5.41, 5.74) is -0.950. The van der Waals surface area contributed by atoms with E-state index in [0.29, 0.717) is 0 Å². The van der Waals surface area contributed by atoms with Crippen molar-refractivity contribution in [2.75, 3.05) is 6.26 Å². The molecule has 1 N–H and O–H groups in total. The first kappa shape index (κ1) is 22.4. The Morgan fingerprint density at radius 2 is 1.82 bits per heavy atom. The molecule has 0 aliphatic carbocycles. The van der Waals surface area contributed by atoms with Crippen molar-refractivity contribution in [2.45, 2.75) is 33.9 Å². The fourth-order valence-electron chi connectivity index (χ4n) is 2.02. The van der Waals surface area contributed by atoms with E-state index in [1.54, 1.807) is 0 Å². The van der Waals surface area contributed by atoms with Gasteiger partial charge >= 0.3 is 12.1 Å². The van der Waals surface area contributed by atoms with Crippen molar-refractivity contribution in [2.24, 2.45) is 0 Å². The zero-order valence-electron chi connectivity index (χ0n) is 14.5. The van der Waals surface area contributed by atoms with E-state index in [2.05, 4.69) is 0 Å². The van der Waals surface area contributed by atoms with E-state index >= 15 is 0 Å². The van der Waals surface area contributed by atoms with Gasteiger partial charge in [0, 0.05) is 11.2 Å². The van der Waals surface area contributed by atoms with Crippen LogP contribution < -0.4 is 4.74 Å². The molecule has 0 saturated carbocycles. The third kappa shape index (κ3) is 5.55. The molecule has 2 aromatic rings. The highest BCUT2D eigenvalue weighted by Gasteiger charge is 2.31. The van der Waals surface area contributed by atoms with Crippen LogP contribution in [0.1, 0.15) is 12.5 Å². The van der Waals surface area contributed by atoms with E-state index in [4.69, 9.17) is 21.4 Å². The van der Waals surface area contributed by atoms with Gasteiger partial charge in [0.25, 0.3) is 0 Å². The van der Waals surface area contributed by atoms with Crippen molar-refractivity contribution in [1.82, 2.24) is 0 Å². The molecule has 1 unspecified atom stereocenters. The molecular formula is C17H14ClF3O5S2. The van der Waals surface area contributed by atoms with Crippen molar-refractivity contribution in [3.8, 4) is 5.75 Å². The van der Waals surface area contributed by atoms with Crippen LogP contribution in [0, 0.1) is 0 Å². The topological polar surface area (TPSA) is 80.7 Å². The van der Waals surface area contributed by atoms with Gasteiger partial charge in [-0.3, -0.25) is 0 Å². The monoisotopic (exact) mass is 454 g/mol. The van der Waals surface area contributed by atoms with Gasteiger partial charge in [0.15, 0.2) is 15.9 Å². The number of alkyl halides is 3. The molecule has 0 radical (unpaired) electrons. The maximum atomic E-state index is 13.1. The molecule has 5 nitrogen and oxygen atoms in total. The molecule has 0 fully saturated rings. The Balaban J connectivity index is 2.48. The summed E-state index contributed by atoms with van der Waals surface area (Å²) in [6, 6.07) is 6.44. The lowest BCUT2D eigenvalue weighted by Crippen LogP contribution is -2.23. The number of ether oxygens (including phenoxy) is 1. The Kier molecular flexibility index (Phi) is 6.57. The smallest absolute Gasteiger partial charge is 0.416 e. The fourth-order valence-corrected chi connectivity index (χ4v) is 3.96. The number of carboxylic acid groups (broad SMARTS) is 1. The number of rotatable bonds is 6. The molecule has 0 aromatic heterocycles. The zero-order chi connectivity index (χ0) is 21.3. The van der Waals surface area contributed by atoms with E-state index < -0.39 is 33.7 Å². The minimum absolute atomic E-state index is 0.0163. The molecule has 0 aliphatic heterocycles. The van der Waals surface area contributed by atoms with Gasteiger partial charge in [0.2, 0.25) is 0 Å². The molecule has 0 amide bonds. The van der Waals surface area contributed by atoms with Crippen LogP contribution in [0.4, 0.5) is 13.2 Å². The lowest BCUT2D eigenvalue weighted by atomic mass is 10.2. The highest BCUT2D eigenvalue weighted by atomic mass is 35.5. The van der Waals surface area contributed by atoms with Crippen LogP contribution in [-0.2, 0) is 20.8 Å². The largest absolute Gasteiger partial charge is 0.479 e. The summed E-state index contributed by atoms with van der Waals surface area (Å²) in [5, 5.41) is 8.99. The average Bonchev–Trinajstić information content (AvgIpc) is 2.56. The van der Waals surface area contributed by atoms with Gasteiger partial charge in [-0.05, 0) is 43.3 Å². The highest BCUT2D eigenvalue weighted by molar-refractivity contribution is 7.99. The maximum absolute atomic E-state index is 13.1. The van der Waals surface area contributed by atoms with Crippen LogP contribution in [-0.4, -0.2) is 31.9 Å². The summed E-state index contributed by atoms with van der Waals surface area (Å²) in [6.45, 7) is 1.24.